The van der Waals surface area contributed by atoms with Crippen molar-refractivity contribution in [2.45, 2.75) is 19.8 Å². The minimum absolute atomic E-state index is 0.418. The van der Waals surface area contributed by atoms with Crippen molar-refractivity contribution in [2.24, 2.45) is 0 Å². The summed E-state index contributed by atoms with van der Waals surface area (Å²) < 4.78 is 1.59. The van der Waals surface area contributed by atoms with Gasteiger partial charge in [0, 0.05) is 0 Å². The molecule has 0 fully saturated rings. The molecule has 2 N–H and O–H groups in total. The van der Waals surface area contributed by atoms with E-state index in [0.717, 1.165) is 5.82 Å². The predicted octanol–water partition coefficient (Wildman–Crippen LogP) is 0.268. The molecule has 0 aliphatic heterocycles. The summed E-state index contributed by atoms with van der Waals surface area (Å²) in [6, 6.07) is 0. The fourth-order valence-corrected chi connectivity index (χ4v) is 1.27. The van der Waals surface area contributed by atoms with Crippen molar-refractivity contribution in [1.29, 1.82) is 0 Å². The lowest BCUT2D eigenvalue weighted by atomic mass is 10.2. The highest BCUT2D eigenvalue weighted by Gasteiger charge is 2.15. The van der Waals surface area contributed by atoms with Crippen molar-refractivity contribution < 1.29 is 4.07 Å². The standard InChI is InChI=1S/C5H10N3S/c1-4(2)5-7-3-9-8(5)6/h3-4H,6H2,1-2H3/q+1. The van der Waals surface area contributed by atoms with Crippen LogP contribution in [0.5, 0.6) is 0 Å². The van der Waals surface area contributed by atoms with E-state index in [4.69, 9.17) is 5.84 Å². The second-order valence-corrected chi connectivity index (χ2v) is 2.99. The van der Waals surface area contributed by atoms with Gasteiger partial charge in [-0.25, -0.2) is 0 Å². The molecule has 0 radical (unpaired) electrons. The van der Waals surface area contributed by atoms with Crippen LogP contribution in [0.25, 0.3) is 0 Å². The molecule has 0 atom stereocenters. The Balaban J connectivity index is 2.94. The molecule has 0 unspecified atom stereocenters. The van der Waals surface area contributed by atoms with Gasteiger partial charge in [-0.05, 0) is 4.98 Å². The van der Waals surface area contributed by atoms with E-state index >= 15 is 0 Å². The molecule has 1 aromatic rings. The number of aromatic nitrogens is 2. The Hall–Kier alpha value is -0.640. The fourth-order valence-electron chi connectivity index (χ4n) is 0.643. The molecule has 1 rings (SSSR count). The van der Waals surface area contributed by atoms with Crippen LogP contribution in [0.4, 0.5) is 0 Å². The van der Waals surface area contributed by atoms with E-state index in [0.29, 0.717) is 5.92 Å². The van der Waals surface area contributed by atoms with Crippen molar-refractivity contribution in [3.63, 3.8) is 0 Å². The molecule has 1 heterocycles. The van der Waals surface area contributed by atoms with E-state index in [1.807, 2.05) is 0 Å². The summed E-state index contributed by atoms with van der Waals surface area (Å²) in [6.45, 7) is 4.14. The lowest BCUT2D eigenvalue weighted by molar-refractivity contribution is -0.579. The van der Waals surface area contributed by atoms with Crippen LogP contribution in [-0.2, 0) is 0 Å². The first-order chi connectivity index (χ1) is 4.22. The SMILES string of the molecule is CC(C)c1ncs[n+]1N. The fraction of sp³-hybridized carbons (Fsp3) is 0.600. The second kappa shape index (κ2) is 2.31. The maximum atomic E-state index is 5.51. The third-order valence-electron chi connectivity index (χ3n) is 1.09. The highest BCUT2D eigenvalue weighted by Crippen LogP contribution is 2.05. The summed E-state index contributed by atoms with van der Waals surface area (Å²) in [7, 11) is 0. The van der Waals surface area contributed by atoms with Crippen LogP contribution in [-0.4, -0.2) is 4.98 Å². The molecule has 50 valence electrons. The summed E-state index contributed by atoms with van der Waals surface area (Å²) in [6.07, 6.45) is 0. The van der Waals surface area contributed by atoms with Gasteiger partial charge in [0.25, 0.3) is 0 Å². The Morgan fingerprint density at radius 1 is 1.78 bits per heavy atom. The van der Waals surface area contributed by atoms with Crippen LogP contribution in [0.1, 0.15) is 25.6 Å². The second-order valence-electron chi connectivity index (χ2n) is 2.18. The van der Waals surface area contributed by atoms with Gasteiger partial charge < -0.3 is 0 Å². The van der Waals surface area contributed by atoms with Gasteiger partial charge in [0.05, 0.1) is 5.92 Å². The zero-order valence-corrected chi connectivity index (χ0v) is 6.35. The molecule has 1 aromatic heterocycles. The van der Waals surface area contributed by atoms with Crippen LogP contribution in [0, 0.1) is 0 Å². The largest absolute Gasteiger partial charge is 0.336 e. The van der Waals surface area contributed by atoms with Crippen molar-refractivity contribution in [3.05, 3.63) is 11.3 Å². The van der Waals surface area contributed by atoms with Crippen LogP contribution in [0.2, 0.25) is 0 Å². The number of nitrogen functional groups attached to an aromatic ring is 1. The maximum Gasteiger partial charge on any atom is 0.336 e. The number of rotatable bonds is 1. The molecule has 3 nitrogen and oxygen atoms in total. The smallest absolute Gasteiger partial charge is 0.257 e. The molecule has 0 spiro atoms. The van der Waals surface area contributed by atoms with Crippen LogP contribution in [0.15, 0.2) is 5.51 Å². The molecule has 0 saturated carbocycles. The van der Waals surface area contributed by atoms with E-state index in [1.165, 1.54) is 11.5 Å². The van der Waals surface area contributed by atoms with E-state index in [-0.39, 0.29) is 0 Å². The molecular formula is C5H10N3S+. The zero-order chi connectivity index (χ0) is 6.85. The zero-order valence-electron chi connectivity index (χ0n) is 5.53. The number of hydrogen-bond acceptors (Lipinski definition) is 3. The monoisotopic (exact) mass is 144 g/mol. The average Bonchev–Trinajstić information content (AvgIpc) is 2.13. The summed E-state index contributed by atoms with van der Waals surface area (Å²) >= 11 is 1.42. The normalized spacial score (nSPS) is 10.6. The third kappa shape index (κ3) is 1.18. The van der Waals surface area contributed by atoms with Crippen LogP contribution in [0.3, 0.4) is 0 Å². The van der Waals surface area contributed by atoms with Crippen LogP contribution < -0.4 is 9.91 Å². The third-order valence-corrected chi connectivity index (χ3v) is 1.70. The molecule has 0 bridgehead atoms. The Labute approximate surface area is 58.3 Å². The molecule has 0 saturated heterocycles. The maximum absolute atomic E-state index is 5.51. The Bertz CT molecular complexity index is 194. The lowest BCUT2D eigenvalue weighted by Gasteiger charge is -1.90. The first kappa shape index (κ1) is 6.48. The Morgan fingerprint density at radius 3 is 2.67 bits per heavy atom. The summed E-state index contributed by atoms with van der Waals surface area (Å²) in [5.74, 6) is 6.88. The van der Waals surface area contributed by atoms with Crippen molar-refractivity contribution in [2.75, 3.05) is 5.84 Å². The van der Waals surface area contributed by atoms with Crippen molar-refractivity contribution in [3.8, 4) is 0 Å². The predicted molar refractivity (Wildman–Crippen MR) is 36.5 cm³/mol. The first-order valence-electron chi connectivity index (χ1n) is 2.83. The summed E-state index contributed by atoms with van der Waals surface area (Å²) in [5.41, 5.74) is 1.75. The minimum atomic E-state index is 0.418. The lowest BCUT2D eigenvalue weighted by Crippen LogP contribution is -2.44. The molecule has 0 amide bonds. The Morgan fingerprint density at radius 2 is 2.44 bits per heavy atom. The van der Waals surface area contributed by atoms with Gasteiger partial charge in [0.15, 0.2) is 0 Å². The quantitative estimate of drug-likeness (QED) is 0.454. The summed E-state index contributed by atoms with van der Waals surface area (Å²) in [4.78, 5) is 4.07. The van der Waals surface area contributed by atoms with Gasteiger partial charge in [-0.15, -0.1) is 0 Å². The highest BCUT2D eigenvalue weighted by molar-refractivity contribution is 6.99. The van der Waals surface area contributed by atoms with Gasteiger partial charge in [-0.3, -0.25) is 5.84 Å². The number of nitrogens with zero attached hydrogens (tertiary/aromatic N) is 2. The van der Waals surface area contributed by atoms with Gasteiger partial charge >= 0.3 is 5.82 Å². The van der Waals surface area contributed by atoms with Gasteiger partial charge in [0.1, 0.15) is 11.5 Å². The molecule has 0 aromatic carbocycles. The van der Waals surface area contributed by atoms with E-state index < -0.39 is 0 Å². The van der Waals surface area contributed by atoms with E-state index in [9.17, 15) is 0 Å². The number of hydrogen-bond donors (Lipinski definition) is 1. The highest BCUT2D eigenvalue weighted by atomic mass is 32.1. The topological polar surface area (TPSA) is 42.8 Å². The van der Waals surface area contributed by atoms with E-state index in [1.54, 1.807) is 9.58 Å². The molecule has 0 aliphatic carbocycles. The number of nitrogens with two attached hydrogens (primary N) is 1. The van der Waals surface area contributed by atoms with Gasteiger partial charge in [0.2, 0.25) is 5.51 Å². The van der Waals surface area contributed by atoms with E-state index in [2.05, 4.69) is 18.8 Å². The van der Waals surface area contributed by atoms with Crippen LogP contribution >= 0.6 is 11.5 Å². The molecule has 0 aliphatic rings. The molecular weight excluding hydrogens is 134 g/mol. The first-order valence-corrected chi connectivity index (χ1v) is 3.66. The average molecular weight is 144 g/mol. The van der Waals surface area contributed by atoms with Crippen molar-refractivity contribution >= 4 is 11.5 Å². The summed E-state index contributed by atoms with van der Waals surface area (Å²) in [5, 5.41) is 0. The molecule has 9 heavy (non-hydrogen) atoms. The van der Waals surface area contributed by atoms with Gasteiger partial charge in [-0.1, -0.05) is 17.9 Å². The van der Waals surface area contributed by atoms with Crippen molar-refractivity contribution in [1.82, 2.24) is 4.98 Å². The van der Waals surface area contributed by atoms with Gasteiger partial charge in [-0.2, -0.15) is 0 Å². The Kier molecular flexibility index (Phi) is 1.66. The minimum Gasteiger partial charge on any atom is -0.257 e. The molecule has 4 heteroatoms.